The molecule has 0 spiro atoms. The summed E-state index contributed by atoms with van der Waals surface area (Å²) in [7, 11) is 0. The van der Waals surface area contributed by atoms with Gasteiger partial charge in [-0.3, -0.25) is 5.41 Å². The largest absolute Gasteiger partial charge is 0.494 e. The summed E-state index contributed by atoms with van der Waals surface area (Å²) < 4.78 is 5.52. The third-order valence-electron chi connectivity index (χ3n) is 2.35. The van der Waals surface area contributed by atoms with E-state index in [0.717, 1.165) is 29.3 Å². The smallest absolute Gasteiger partial charge is 0.134 e. The number of rotatable bonds is 5. The van der Waals surface area contributed by atoms with Crippen molar-refractivity contribution in [2.24, 2.45) is 5.73 Å². The molecular formula is C13H15N3OS. The van der Waals surface area contributed by atoms with Crippen LogP contribution in [-0.4, -0.2) is 17.4 Å². The molecule has 1 heterocycles. The standard InChI is InChI=1S/C13H15N3OS/c1-2-7-17-10-5-3-9(4-6-10)13-16-8-11(18-13)12(14)15/h3-6,8H,2,7H2,1H3,(H3,14,15). The van der Waals surface area contributed by atoms with E-state index in [-0.39, 0.29) is 5.84 Å². The SMILES string of the molecule is CCCOc1ccc(-c2ncc(C(=N)N)s2)cc1. The van der Waals surface area contributed by atoms with E-state index in [1.54, 1.807) is 6.20 Å². The lowest BCUT2D eigenvalue weighted by Crippen LogP contribution is -2.08. The van der Waals surface area contributed by atoms with Crippen LogP contribution in [0, 0.1) is 5.41 Å². The van der Waals surface area contributed by atoms with Gasteiger partial charge in [-0.2, -0.15) is 0 Å². The van der Waals surface area contributed by atoms with Gasteiger partial charge >= 0.3 is 0 Å². The highest BCUT2D eigenvalue weighted by atomic mass is 32.1. The number of nitrogen functional groups attached to an aromatic ring is 1. The highest BCUT2D eigenvalue weighted by molar-refractivity contribution is 7.16. The molecule has 0 amide bonds. The zero-order chi connectivity index (χ0) is 13.0. The fourth-order valence-electron chi connectivity index (χ4n) is 1.45. The molecule has 1 aromatic carbocycles. The summed E-state index contributed by atoms with van der Waals surface area (Å²) >= 11 is 1.42. The van der Waals surface area contributed by atoms with E-state index in [4.69, 9.17) is 15.9 Å². The maximum Gasteiger partial charge on any atom is 0.134 e. The Balaban J connectivity index is 2.15. The molecular weight excluding hydrogens is 246 g/mol. The van der Waals surface area contributed by atoms with Crippen molar-refractivity contribution >= 4 is 17.2 Å². The summed E-state index contributed by atoms with van der Waals surface area (Å²) in [5.74, 6) is 0.922. The van der Waals surface area contributed by atoms with Gasteiger partial charge in [0.25, 0.3) is 0 Å². The van der Waals surface area contributed by atoms with Crippen molar-refractivity contribution in [1.29, 1.82) is 5.41 Å². The molecule has 0 radical (unpaired) electrons. The molecule has 0 unspecified atom stereocenters. The van der Waals surface area contributed by atoms with Crippen molar-refractivity contribution in [3.8, 4) is 16.3 Å². The molecule has 18 heavy (non-hydrogen) atoms. The average Bonchev–Trinajstić information content (AvgIpc) is 2.87. The number of nitrogens with zero attached hydrogens (tertiary/aromatic N) is 1. The van der Waals surface area contributed by atoms with Gasteiger partial charge in [0.05, 0.1) is 11.5 Å². The molecule has 0 saturated carbocycles. The summed E-state index contributed by atoms with van der Waals surface area (Å²) in [6.07, 6.45) is 2.63. The van der Waals surface area contributed by atoms with Gasteiger partial charge in [0.1, 0.15) is 16.6 Å². The molecule has 0 fully saturated rings. The topological polar surface area (TPSA) is 72.0 Å². The van der Waals surface area contributed by atoms with Gasteiger partial charge in [-0.1, -0.05) is 6.92 Å². The van der Waals surface area contributed by atoms with Crippen LogP contribution in [0.3, 0.4) is 0 Å². The number of hydrogen-bond donors (Lipinski definition) is 2. The van der Waals surface area contributed by atoms with Crippen LogP contribution >= 0.6 is 11.3 Å². The number of hydrogen-bond acceptors (Lipinski definition) is 4. The summed E-state index contributed by atoms with van der Waals surface area (Å²) in [4.78, 5) is 4.95. The molecule has 0 atom stereocenters. The van der Waals surface area contributed by atoms with E-state index < -0.39 is 0 Å². The predicted octanol–water partition coefficient (Wildman–Crippen LogP) is 2.88. The zero-order valence-electron chi connectivity index (χ0n) is 10.1. The molecule has 4 nitrogen and oxygen atoms in total. The minimum atomic E-state index is 0.0571. The monoisotopic (exact) mass is 261 g/mol. The van der Waals surface area contributed by atoms with Crippen molar-refractivity contribution in [1.82, 2.24) is 4.98 Å². The molecule has 0 aliphatic heterocycles. The molecule has 0 aliphatic carbocycles. The van der Waals surface area contributed by atoms with Gasteiger partial charge in [0, 0.05) is 11.8 Å². The second-order valence-electron chi connectivity index (χ2n) is 3.82. The van der Waals surface area contributed by atoms with E-state index in [1.807, 2.05) is 24.3 Å². The Bertz CT molecular complexity index is 533. The van der Waals surface area contributed by atoms with Crippen LogP contribution in [0.2, 0.25) is 0 Å². The Labute approximate surface area is 110 Å². The van der Waals surface area contributed by atoms with Gasteiger partial charge in [0.2, 0.25) is 0 Å². The number of ether oxygens (including phenoxy) is 1. The Morgan fingerprint density at radius 2 is 2.11 bits per heavy atom. The number of benzene rings is 1. The lowest BCUT2D eigenvalue weighted by molar-refractivity contribution is 0.317. The molecule has 0 aliphatic rings. The van der Waals surface area contributed by atoms with E-state index in [0.29, 0.717) is 4.88 Å². The molecule has 0 saturated heterocycles. The van der Waals surface area contributed by atoms with E-state index in [1.165, 1.54) is 11.3 Å². The number of thiazole rings is 1. The second kappa shape index (κ2) is 5.64. The average molecular weight is 261 g/mol. The molecule has 1 aromatic heterocycles. The molecule has 2 rings (SSSR count). The normalized spacial score (nSPS) is 10.3. The summed E-state index contributed by atoms with van der Waals surface area (Å²) in [5.41, 5.74) is 6.43. The van der Waals surface area contributed by atoms with Crippen molar-refractivity contribution in [3.63, 3.8) is 0 Å². The van der Waals surface area contributed by atoms with Gasteiger partial charge < -0.3 is 10.5 Å². The number of nitrogens with two attached hydrogens (primary N) is 1. The van der Waals surface area contributed by atoms with E-state index in [9.17, 15) is 0 Å². The van der Waals surface area contributed by atoms with E-state index >= 15 is 0 Å². The number of amidine groups is 1. The lowest BCUT2D eigenvalue weighted by atomic mass is 10.2. The highest BCUT2D eigenvalue weighted by Crippen LogP contribution is 2.26. The molecule has 2 aromatic rings. The van der Waals surface area contributed by atoms with Crippen LogP contribution in [0.4, 0.5) is 0 Å². The first-order chi connectivity index (χ1) is 8.70. The van der Waals surface area contributed by atoms with Crippen LogP contribution < -0.4 is 10.5 Å². The first-order valence-corrected chi connectivity index (χ1v) is 6.56. The van der Waals surface area contributed by atoms with Crippen LogP contribution in [0.15, 0.2) is 30.5 Å². The van der Waals surface area contributed by atoms with Crippen molar-refractivity contribution in [2.75, 3.05) is 6.61 Å². The molecule has 0 bridgehead atoms. The Morgan fingerprint density at radius 1 is 1.39 bits per heavy atom. The van der Waals surface area contributed by atoms with Crippen LogP contribution in [0.25, 0.3) is 10.6 Å². The number of aromatic nitrogens is 1. The summed E-state index contributed by atoms with van der Waals surface area (Å²) in [6.45, 7) is 2.80. The quantitative estimate of drug-likeness (QED) is 0.642. The zero-order valence-corrected chi connectivity index (χ0v) is 11.0. The fourth-order valence-corrected chi connectivity index (χ4v) is 2.23. The maximum atomic E-state index is 7.35. The third-order valence-corrected chi connectivity index (χ3v) is 3.42. The molecule has 94 valence electrons. The van der Waals surface area contributed by atoms with Gasteiger partial charge in [-0.15, -0.1) is 11.3 Å². The summed E-state index contributed by atoms with van der Waals surface area (Å²) in [6, 6.07) is 7.79. The minimum absolute atomic E-state index is 0.0571. The van der Waals surface area contributed by atoms with Crippen molar-refractivity contribution < 1.29 is 4.74 Å². The fraction of sp³-hybridized carbons (Fsp3) is 0.231. The maximum absolute atomic E-state index is 7.35. The summed E-state index contributed by atoms with van der Waals surface area (Å²) in [5, 5.41) is 8.21. The Hall–Kier alpha value is -1.88. The van der Waals surface area contributed by atoms with Gasteiger partial charge in [-0.05, 0) is 30.7 Å². The van der Waals surface area contributed by atoms with Crippen molar-refractivity contribution in [3.05, 3.63) is 35.3 Å². The minimum Gasteiger partial charge on any atom is -0.494 e. The Kier molecular flexibility index (Phi) is 3.94. The number of nitrogens with one attached hydrogen (secondary N) is 1. The molecule has 5 heteroatoms. The predicted molar refractivity (Wildman–Crippen MR) is 74.4 cm³/mol. The highest BCUT2D eigenvalue weighted by Gasteiger charge is 2.06. The van der Waals surface area contributed by atoms with E-state index in [2.05, 4.69) is 11.9 Å². The molecule has 3 N–H and O–H groups in total. The lowest BCUT2D eigenvalue weighted by Gasteiger charge is -2.04. The first-order valence-electron chi connectivity index (χ1n) is 5.74. The van der Waals surface area contributed by atoms with Crippen LogP contribution in [0.1, 0.15) is 18.2 Å². The first kappa shape index (κ1) is 12.6. The third kappa shape index (κ3) is 2.87. The van der Waals surface area contributed by atoms with Gasteiger partial charge in [0.15, 0.2) is 0 Å². The van der Waals surface area contributed by atoms with Gasteiger partial charge in [-0.25, -0.2) is 4.98 Å². The van der Waals surface area contributed by atoms with Crippen LogP contribution in [-0.2, 0) is 0 Å². The van der Waals surface area contributed by atoms with Crippen molar-refractivity contribution in [2.45, 2.75) is 13.3 Å². The Morgan fingerprint density at radius 3 is 2.67 bits per heavy atom. The second-order valence-corrected chi connectivity index (χ2v) is 4.85. The van der Waals surface area contributed by atoms with Crippen LogP contribution in [0.5, 0.6) is 5.75 Å².